The number of nitrogens with zero attached hydrogens (tertiary/aromatic N) is 1. The summed E-state index contributed by atoms with van der Waals surface area (Å²) in [4.78, 5) is 26.5. The van der Waals surface area contributed by atoms with Gasteiger partial charge in [-0.25, -0.2) is 9.78 Å². The zero-order valence-corrected chi connectivity index (χ0v) is 11.0. The summed E-state index contributed by atoms with van der Waals surface area (Å²) in [7, 11) is 0. The minimum atomic E-state index is -0.343. The number of halogens is 1. The Hall–Kier alpha value is -2.14. The van der Waals surface area contributed by atoms with Gasteiger partial charge >= 0.3 is 6.03 Å². The van der Waals surface area contributed by atoms with Crippen molar-refractivity contribution in [3.05, 3.63) is 35.0 Å². The fourth-order valence-electron chi connectivity index (χ4n) is 1.72. The van der Waals surface area contributed by atoms with Crippen LogP contribution in [-0.4, -0.2) is 23.8 Å². The highest BCUT2D eigenvalue weighted by Gasteiger charge is 2.08. The highest BCUT2D eigenvalue weighted by atomic mass is 35.5. The van der Waals surface area contributed by atoms with E-state index in [-0.39, 0.29) is 6.03 Å². The number of aromatic nitrogens is 1. The van der Waals surface area contributed by atoms with E-state index in [4.69, 9.17) is 11.6 Å². The lowest BCUT2D eigenvalue weighted by atomic mass is 10.1. The van der Waals surface area contributed by atoms with Crippen LogP contribution in [0.4, 0.5) is 10.6 Å². The summed E-state index contributed by atoms with van der Waals surface area (Å²) in [5, 5.41) is 7.02. The van der Waals surface area contributed by atoms with Crippen molar-refractivity contribution in [2.24, 2.45) is 0 Å². The number of urea groups is 1. The number of anilines is 1. The molecule has 6 heteroatoms. The van der Waals surface area contributed by atoms with Gasteiger partial charge in [0.1, 0.15) is 5.82 Å². The molecule has 0 spiro atoms. The van der Waals surface area contributed by atoms with Gasteiger partial charge in [-0.05, 0) is 30.5 Å². The summed E-state index contributed by atoms with van der Waals surface area (Å²) in [5.74, 6) is 0.365. The van der Waals surface area contributed by atoms with E-state index in [0.29, 0.717) is 33.7 Å². The summed E-state index contributed by atoms with van der Waals surface area (Å²) >= 11 is 6.04. The summed E-state index contributed by atoms with van der Waals surface area (Å²) < 4.78 is 0. The third-order valence-corrected chi connectivity index (χ3v) is 2.92. The first kappa shape index (κ1) is 13.3. The fraction of sp³-hybridized carbons (Fsp3) is 0.154. The van der Waals surface area contributed by atoms with Crippen LogP contribution in [0.1, 0.15) is 17.3 Å². The van der Waals surface area contributed by atoms with E-state index in [1.165, 1.54) is 6.20 Å². The zero-order valence-electron chi connectivity index (χ0n) is 10.2. The zero-order chi connectivity index (χ0) is 13.8. The van der Waals surface area contributed by atoms with Crippen molar-refractivity contribution in [3.8, 4) is 0 Å². The number of hydrogen-bond acceptors (Lipinski definition) is 3. The number of carbonyl (C=O) groups is 2. The maximum absolute atomic E-state index is 11.4. The number of nitrogens with one attached hydrogen (secondary N) is 2. The van der Waals surface area contributed by atoms with E-state index in [2.05, 4.69) is 15.6 Å². The van der Waals surface area contributed by atoms with Crippen LogP contribution in [0.5, 0.6) is 0 Å². The van der Waals surface area contributed by atoms with Crippen molar-refractivity contribution >= 4 is 40.5 Å². The Balaban J connectivity index is 2.44. The number of amides is 2. The predicted octanol–water partition coefficient (Wildman–Crippen LogP) is 2.84. The Bertz CT molecular complexity index is 643. The van der Waals surface area contributed by atoms with E-state index in [0.717, 1.165) is 6.29 Å². The Morgan fingerprint density at radius 3 is 2.89 bits per heavy atom. The quantitative estimate of drug-likeness (QED) is 0.848. The van der Waals surface area contributed by atoms with Gasteiger partial charge in [0.2, 0.25) is 0 Å². The molecule has 98 valence electrons. The Kier molecular flexibility index (Phi) is 3.97. The van der Waals surface area contributed by atoms with E-state index < -0.39 is 0 Å². The molecular formula is C13H12ClN3O2. The topological polar surface area (TPSA) is 71.1 Å². The largest absolute Gasteiger partial charge is 0.338 e. The molecule has 0 aliphatic heterocycles. The first-order valence-corrected chi connectivity index (χ1v) is 6.11. The van der Waals surface area contributed by atoms with Crippen molar-refractivity contribution in [1.29, 1.82) is 0 Å². The average molecular weight is 278 g/mol. The van der Waals surface area contributed by atoms with Crippen molar-refractivity contribution in [2.45, 2.75) is 6.92 Å². The molecule has 1 aromatic carbocycles. The third kappa shape index (κ3) is 2.82. The second kappa shape index (κ2) is 5.67. The van der Waals surface area contributed by atoms with Crippen LogP contribution in [0.25, 0.3) is 10.8 Å². The average Bonchev–Trinajstić information content (AvgIpc) is 2.39. The highest BCUT2D eigenvalue weighted by molar-refractivity contribution is 6.36. The van der Waals surface area contributed by atoms with Crippen LogP contribution in [0.3, 0.4) is 0 Å². The van der Waals surface area contributed by atoms with E-state index >= 15 is 0 Å². The number of fused-ring (bicyclic) bond motifs is 1. The molecule has 0 aliphatic carbocycles. The van der Waals surface area contributed by atoms with Crippen molar-refractivity contribution < 1.29 is 9.59 Å². The standard InChI is InChI=1S/C13H12ClN3O2/c1-2-15-13(19)17-12-5-9-8(7-18)3-4-11(14)10(9)6-16-12/h3-7H,2H2,1H3,(H2,15,16,17,19). The van der Waals surface area contributed by atoms with Gasteiger partial charge in [-0.3, -0.25) is 10.1 Å². The lowest BCUT2D eigenvalue weighted by Gasteiger charge is -2.08. The fourth-order valence-corrected chi connectivity index (χ4v) is 1.93. The maximum Gasteiger partial charge on any atom is 0.320 e. The highest BCUT2D eigenvalue weighted by Crippen LogP contribution is 2.26. The van der Waals surface area contributed by atoms with Crippen molar-refractivity contribution in [1.82, 2.24) is 10.3 Å². The lowest BCUT2D eigenvalue weighted by Crippen LogP contribution is -2.28. The number of benzene rings is 1. The molecule has 0 radical (unpaired) electrons. The predicted molar refractivity (Wildman–Crippen MR) is 74.8 cm³/mol. The molecule has 0 unspecified atom stereocenters. The molecule has 0 fully saturated rings. The van der Waals surface area contributed by atoms with Crippen LogP contribution >= 0.6 is 11.6 Å². The SMILES string of the molecule is CCNC(=O)Nc1cc2c(C=O)ccc(Cl)c2cn1. The van der Waals surface area contributed by atoms with Crippen LogP contribution < -0.4 is 10.6 Å². The molecule has 0 aliphatic rings. The Labute approximate surface area is 115 Å². The summed E-state index contributed by atoms with van der Waals surface area (Å²) in [5.41, 5.74) is 0.501. The molecule has 2 amide bonds. The Morgan fingerprint density at radius 2 is 2.21 bits per heavy atom. The van der Waals surface area contributed by atoms with Crippen LogP contribution in [-0.2, 0) is 0 Å². The number of hydrogen-bond donors (Lipinski definition) is 2. The molecule has 2 aromatic rings. The summed E-state index contributed by atoms with van der Waals surface area (Å²) in [6, 6.07) is 4.56. The molecule has 0 bridgehead atoms. The minimum absolute atomic E-state index is 0.343. The second-order valence-corrected chi connectivity index (χ2v) is 4.26. The third-order valence-electron chi connectivity index (χ3n) is 2.59. The molecular weight excluding hydrogens is 266 g/mol. The maximum atomic E-state index is 11.4. The molecule has 0 saturated heterocycles. The molecule has 0 atom stereocenters. The number of pyridine rings is 1. The number of carbonyl (C=O) groups excluding carboxylic acids is 2. The van der Waals surface area contributed by atoms with Gasteiger partial charge in [0, 0.05) is 28.7 Å². The molecule has 5 nitrogen and oxygen atoms in total. The second-order valence-electron chi connectivity index (χ2n) is 3.85. The van der Waals surface area contributed by atoms with Crippen molar-refractivity contribution in [2.75, 3.05) is 11.9 Å². The van der Waals surface area contributed by atoms with Gasteiger partial charge in [0.15, 0.2) is 6.29 Å². The molecule has 1 aromatic heterocycles. The molecule has 0 saturated carbocycles. The van der Waals surface area contributed by atoms with Gasteiger partial charge in [-0.1, -0.05) is 11.6 Å². The van der Waals surface area contributed by atoms with E-state index in [1.54, 1.807) is 18.2 Å². The molecule has 2 rings (SSSR count). The monoisotopic (exact) mass is 277 g/mol. The first-order chi connectivity index (χ1) is 9.15. The molecule has 19 heavy (non-hydrogen) atoms. The summed E-state index contributed by atoms with van der Waals surface area (Å²) in [6.07, 6.45) is 2.28. The lowest BCUT2D eigenvalue weighted by molar-refractivity contribution is 0.112. The minimum Gasteiger partial charge on any atom is -0.338 e. The number of rotatable bonds is 3. The first-order valence-electron chi connectivity index (χ1n) is 5.74. The van der Waals surface area contributed by atoms with Gasteiger partial charge < -0.3 is 5.32 Å². The van der Waals surface area contributed by atoms with Crippen LogP contribution in [0.15, 0.2) is 24.4 Å². The molecule has 2 N–H and O–H groups in total. The van der Waals surface area contributed by atoms with E-state index in [9.17, 15) is 9.59 Å². The molecule has 1 heterocycles. The van der Waals surface area contributed by atoms with Crippen LogP contribution in [0.2, 0.25) is 5.02 Å². The number of aldehydes is 1. The Morgan fingerprint density at radius 1 is 1.42 bits per heavy atom. The van der Waals surface area contributed by atoms with Gasteiger partial charge in [-0.15, -0.1) is 0 Å². The normalized spacial score (nSPS) is 10.2. The van der Waals surface area contributed by atoms with E-state index in [1.807, 2.05) is 6.92 Å². The summed E-state index contributed by atoms with van der Waals surface area (Å²) in [6.45, 7) is 2.34. The smallest absolute Gasteiger partial charge is 0.320 e. The van der Waals surface area contributed by atoms with Crippen LogP contribution in [0, 0.1) is 0 Å². The van der Waals surface area contributed by atoms with Crippen molar-refractivity contribution in [3.63, 3.8) is 0 Å². The van der Waals surface area contributed by atoms with Gasteiger partial charge in [-0.2, -0.15) is 0 Å². The van der Waals surface area contributed by atoms with Gasteiger partial charge in [0.05, 0.1) is 0 Å². The van der Waals surface area contributed by atoms with Gasteiger partial charge in [0.25, 0.3) is 0 Å².